The summed E-state index contributed by atoms with van der Waals surface area (Å²) in [7, 11) is 0. The predicted octanol–water partition coefficient (Wildman–Crippen LogP) is 2.99. The zero-order valence-electron chi connectivity index (χ0n) is 12.6. The van der Waals surface area contributed by atoms with Crippen LogP contribution in [0.5, 0.6) is 0 Å². The highest BCUT2D eigenvalue weighted by Gasteiger charge is 2.31. The number of hydrogen-bond donors (Lipinski definition) is 2. The Morgan fingerprint density at radius 3 is 2.41 bits per heavy atom. The summed E-state index contributed by atoms with van der Waals surface area (Å²) < 4.78 is 5.40. The molecule has 22 heavy (non-hydrogen) atoms. The number of benzene rings is 1. The first kappa shape index (κ1) is 15.8. The quantitative estimate of drug-likeness (QED) is 0.859. The Morgan fingerprint density at radius 1 is 1.18 bits per heavy atom. The zero-order valence-corrected chi connectivity index (χ0v) is 12.6. The predicted molar refractivity (Wildman–Crippen MR) is 81.2 cm³/mol. The monoisotopic (exact) mass is 301 g/mol. The highest BCUT2D eigenvalue weighted by molar-refractivity contribution is 5.84. The molecular weight excluding hydrogens is 282 g/mol. The number of hydrogen-bond acceptors (Lipinski definition) is 3. The molecule has 0 aliphatic rings. The molecule has 0 spiro atoms. The Bertz CT molecular complexity index is 632. The summed E-state index contributed by atoms with van der Waals surface area (Å²) in [5.74, 6) is -0.734. The van der Waals surface area contributed by atoms with Crippen LogP contribution in [-0.4, -0.2) is 17.0 Å². The van der Waals surface area contributed by atoms with Crippen molar-refractivity contribution in [2.24, 2.45) is 5.41 Å². The third kappa shape index (κ3) is 3.75. The number of carbonyl (C=O) groups excluding carboxylic acids is 1. The van der Waals surface area contributed by atoms with Gasteiger partial charge in [0.2, 0.25) is 5.91 Å². The number of rotatable bonds is 6. The van der Waals surface area contributed by atoms with E-state index in [9.17, 15) is 9.59 Å². The van der Waals surface area contributed by atoms with E-state index < -0.39 is 17.4 Å². The second-order valence-corrected chi connectivity index (χ2v) is 5.79. The topological polar surface area (TPSA) is 79.5 Å². The maximum atomic E-state index is 12.2. The minimum absolute atomic E-state index is 0.105. The molecule has 1 aromatic carbocycles. The SMILES string of the molecule is CC(C)(CC(=O)N[C@@H](c1ccccc1)c1ccco1)C(=O)O. The molecule has 5 heteroatoms. The van der Waals surface area contributed by atoms with Crippen LogP contribution in [0.1, 0.15) is 37.6 Å². The van der Waals surface area contributed by atoms with Crippen molar-refractivity contribution in [2.45, 2.75) is 26.3 Å². The van der Waals surface area contributed by atoms with Crippen molar-refractivity contribution in [2.75, 3.05) is 0 Å². The fourth-order valence-electron chi connectivity index (χ4n) is 2.11. The van der Waals surface area contributed by atoms with Gasteiger partial charge in [-0.05, 0) is 31.5 Å². The van der Waals surface area contributed by atoms with Gasteiger partial charge < -0.3 is 14.8 Å². The highest BCUT2D eigenvalue weighted by Crippen LogP contribution is 2.25. The van der Waals surface area contributed by atoms with Crippen LogP contribution in [0, 0.1) is 5.41 Å². The molecule has 0 saturated heterocycles. The summed E-state index contributed by atoms with van der Waals surface area (Å²) in [6, 6.07) is 12.5. The van der Waals surface area contributed by atoms with E-state index in [4.69, 9.17) is 9.52 Å². The maximum Gasteiger partial charge on any atom is 0.309 e. The van der Waals surface area contributed by atoms with Crippen LogP contribution in [0.2, 0.25) is 0 Å². The molecule has 1 amide bonds. The molecular formula is C17H19NO4. The van der Waals surface area contributed by atoms with Crippen LogP contribution in [0.4, 0.5) is 0 Å². The van der Waals surface area contributed by atoms with Gasteiger partial charge in [0.1, 0.15) is 11.8 Å². The maximum absolute atomic E-state index is 12.2. The van der Waals surface area contributed by atoms with Gasteiger partial charge in [-0.15, -0.1) is 0 Å². The van der Waals surface area contributed by atoms with Gasteiger partial charge in [-0.1, -0.05) is 30.3 Å². The molecule has 0 unspecified atom stereocenters. The van der Waals surface area contributed by atoms with Gasteiger partial charge in [0.25, 0.3) is 0 Å². The van der Waals surface area contributed by atoms with E-state index in [1.54, 1.807) is 18.4 Å². The molecule has 0 aliphatic heterocycles. The molecule has 0 fully saturated rings. The molecule has 2 N–H and O–H groups in total. The number of aliphatic carboxylic acids is 1. The molecule has 1 aromatic heterocycles. The van der Waals surface area contributed by atoms with Gasteiger partial charge in [-0.25, -0.2) is 0 Å². The molecule has 0 bridgehead atoms. The molecule has 1 atom stereocenters. The molecule has 5 nitrogen and oxygen atoms in total. The summed E-state index contributed by atoms with van der Waals surface area (Å²) in [4.78, 5) is 23.4. The summed E-state index contributed by atoms with van der Waals surface area (Å²) in [5, 5.41) is 12.0. The molecule has 0 saturated carbocycles. The average molecular weight is 301 g/mol. The van der Waals surface area contributed by atoms with Gasteiger partial charge in [-0.2, -0.15) is 0 Å². The van der Waals surface area contributed by atoms with Crippen molar-refractivity contribution < 1.29 is 19.1 Å². The third-order valence-corrected chi connectivity index (χ3v) is 3.45. The lowest BCUT2D eigenvalue weighted by atomic mass is 9.89. The van der Waals surface area contributed by atoms with Crippen LogP contribution in [0.25, 0.3) is 0 Å². The second kappa shape index (κ2) is 6.47. The Labute approximate surface area is 129 Å². The van der Waals surface area contributed by atoms with Crippen molar-refractivity contribution in [3.05, 3.63) is 60.1 Å². The lowest BCUT2D eigenvalue weighted by molar-refractivity contribution is -0.149. The van der Waals surface area contributed by atoms with Gasteiger partial charge >= 0.3 is 5.97 Å². The summed E-state index contributed by atoms with van der Waals surface area (Å²) in [6.45, 7) is 3.05. The van der Waals surface area contributed by atoms with Crippen LogP contribution < -0.4 is 5.32 Å². The first-order valence-electron chi connectivity index (χ1n) is 7.01. The Balaban J connectivity index is 2.18. The summed E-state index contributed by atoms with van der Waals surface area (Å²) in [5.41, 5.74) is -0.243. The zero-order chi connectivity index (χ0) is 16.2. The fraction of sp³-hybridized carbons (Fsp3) is 0.294. The van der Waals surface area contributed by atoms with E-state index >= 15 is 0 Å². The summed E-state index contributed by atoms with van der Waals surface area (Å²) in [6.07, 6.45) is 1.44. The first-order chi connectivity index (χ1) is 10.4. The minimum atomic E-state index is -1.12. The van der Waals surface area contributed by atoms with E-state index in [2.05, 4.69) is 5.32 Å². The van der Waals surface area contributed by atoms with E-state index in [0.717, 1.165) is 5.56 Å². The number of furan rings is 1. The van der Waals surface area contributed by atoms with E-state index in [1.807, 2.05) is 30.3 Å². The van der Waals surface area contributed by atoms with Gasteiger partial charge in [0.15, 0.2) is 0 Å². The lowest BCUT2D eigenvalue weighted by Gasteiger charge is -2.22. The molecule has 2 rings (SSSR count). The number of carboxylic acid groups (broad SMARTS) is 1. The first-order valence-corrected chi connectivity index (χ1v) is 7.01. The number of carbonyl (C=O) groups is 2. The Hall–Kier alpha value is -2.56. The van der Waals surface area contributed by atoms with Crippen LogP contribution in [0.15, 0.2) is 53.1 Å². The number of amides is 1. The molecule has 0 aliphatic carbocycles. The standard InChI is InChI=1S/C17H19NO4/c1-17(2,16(20)21)11-14(19)18-15(13-9-6-10-22-13)12-7-4-3-5-8-12/h3-10,15H,11H2,1-2H3,(H,18,19)(H,20,21)/t15-/m0/s1. The Morgan fingerprint density at radius 2 is 1.86 bits per heavy atom. The smallest absolute Gasteiger partial charge is 0.309 e. The van der Waals surface area contributed by atoms with E-state index in [0.29, 0.717) is 5.76 Å². The number of carboxylic acids is 1. The average Bonchev–Trinajstić information content (AvgIpc) is 2.99. The number of nitrogens with one attached hydrogen (secondary N) is 1. The van der Waals surface area contributed by atoms with Crippen LogP contribution in [-0.2, 0) is 9.59 Å². The van der Waals surface area contributed by atoms with Crippen molar-refractivity contribution in [3.63, 3.8) is 0 Å². The van der Waals surface area contributed by atoms with E-state index in [-0.39, 0.29) is 12.3 Å². The molecule has 2 aromatic rings. The Kier molecular flexibility index (Phi) is 4.65. The highest BCUT2D eigenvalue weighted by atomic mass is 16.4. The molecule has 116 valence electrons. The molecule has 0 radical (unpaired) electrons. The molecule has 1 heterocycles. The van der Waals surface area contributed by atoms with Crippen LogP contribution >= 0.6 is 0 Å². The normalized spacial score (nSPS) is 12.6. The van der Waals surface area contributed by atoms with Crippen molar-refractivity contribution in [1.29, 1.82) is 0 Å². The van der Waals surface area contributed by atoms with Gasteiger partial charge in [0.05, 0.1) is 11.7 Å². The second-order valence-electron chi connectivity index (χ2n) is 5.79. The van der Waals surface area contributed by atoms with Gasteiger partial charge in [0, 0.05) is 6.42 Å². The van der Waals surface area contributed by atoms with Crippen LogP contribution in [0.3, 0.4) is 0 Å². The van der Waals surface area contributed by atoms with Crippen molar-refractivity contribution in [1.82, 2.24) is 5.32 Å². The lowest BCUT2D eigenvalue weighted by Crippen LogP contribution is -2.35. The van der Waals surface area contributed by atoms with E-state index in [1.165, 1.54) is 13.8 Å². The third-order valence-electron chi connectivity index (χ3n) is 3.45. The fourth-order valence-corrected chi connectivity index (χ4v) is 2.11. The summed E-state index contributed by atoms with van der Waals surface area (Å²) >= 11 is 0. The minimum Gasteiger partial charge on any atom is -0.481 e. The van der Waals surface area contributed by atoms with Crippen molar-refractivity contribution >= 4 is 11.9 Å². The largest absolute Gasteiger partial charge is 0.481 e. The van der Waals surface area contributed by atoms with Gasteiger partial charge in [-0.3, -0.25) is 9.59 Å². The van der Waals surface area contributed by atoms with Crippen molar-refractivity contribution in [3.8, 4) is 0 Å².